The van der Waals surface area contributed by atoms with E-state index in [1.807, 2.05) is 30.3 Å². The molecule has 0 unspecified atom stereocenters. The van der Waals surface area contributed by atoms with E-state index in [1.165, 1.54) is 6.21 Å². The first kappa shape index (κ1) is 20.0. The summed E-state index contributed by atoms with van der Waals surface area (Å²) in [7, 11) is 0. The number of rotatable bonds is 7. The van der Waals surface area contributed by atoms with Crippen LogP contribution in [0.15, 0.2) is 59.7 Å². The molecule has 5 nitrogen and oxygen atoms in total. The minimum Gasteiger partial charge on any atom is -0.507 e. The molecule has 3 aromatic rings. The van der Waals surface area contributed by atoms with Crippen LogP contribution in [0.25, 0.3) is 10.8 Å². The molecule has 3 rings (SSSR count). The van der Waals surface area contributed by atoms with Gasteiger partial charge in [0.15, 0.2) is 0 Å². The largest absolute Gasteiger partial charge is 0.507 e. The maximum Gasteiger partial charge on any atom is 0.240 e. The van der Waals surface area contributed by atoms with Gasteiger partial charge < -0.3 is 9.84 Å². The minimum atomic E-state index is -0.248. The van der Waals surface area contributed by atoms with Crippen LogP contribution < -0.4 is 10.2 Å². The normalized spacial score (nSPS) is 11.1. The molecule has 1 amide bonds. The average molecular weight is 417 g/mol. The molecule has 0 radical (unpaired) electrons. The van der Waals surface area contributed by atoms with Gasteiger partial charge >= 0.3 is 0 Å². The summed E-state index contributed by atoms with van der Waals surface area (Å²) in [5.41, 5.74) is 2.97. The lowest BCUT2D eigenvalue weighted by Crippen LogP contribution is -2.18. The first-order chi connectivity index (χ1) is 13.5. The van der Waals surface area contributed by atoms with E-state index in [2.05, 4.69) is 10.5 Å². The number of benzene rings is 3. The highest BCUT2D eigenvalue weighted by Gasteiger charge is 2.06. The van der Waals surface area contributed by atoms with Crippen LogP contribution in [-0.2, 0) is 4.79 Å². The van der Waals surface area contributed by atoms with Gasteiger partial charge in [0.25, 0.3) is 0 Å². The van der Waals surface area contributed by atoms with E-state index in [1.54, 1.807) is 24.3 Å². The second kappa shape index (κ2) is 9.44. The number of halogens is 2. The van der Waals surface area contributed by atoms with Crippen LogP contribution in [0.1, 0.15) is 18.4 Å². The number of ether oxygens (including phenoxy) is 1. The summed E-state index contributed by atoms with van der Waals surface area (Å²) in [4.78, 5) is 11.9. The van der Waals surface area contributed by atoms with Gasteiger partial charge in [-0.2, -0.15) is 5.10 Å². The Morgan fingerprint density at radius 2 is 1.96 bits per heavy atom. The first-order valence-corrected chi connectivity index (χ1v) is 9.40. The Hall–Kier alpha value is -2.76. The zero-order chi connectivity index (χ0) is 19.9. The number of fused-ring (bicyclic) bond motifs is 1. The molecular weight excluding hydrogens is 399 g/mol. The van der Waals surface area contributed by atoms with Crippen molar-refractivity contribution < 1.29 is 14.6 Å². The predicted molar refractivity (Wildman–Crippen MR) is 113 cm³/mol. The Morgan fingerprint density at radius 3 is 2.79 bits per heavy atom. The zero-order valence-corrected chi connectivity index (χ0v) is 16.4. The molecule has 0 aliphatic carbocycles. The van der Waals surface area contributed by atoms with Crippen LogP contribution in [-0.4, -0.2) is 23.8 Å². The number of hydrogen-bond donors (Lipinski definition) is 2. The van der Waals surface area contributed by atoms with Gasteiger partial charge in [-0.15, -0.1) is 0 Å². The molecule has 0 spiro atoms. The SMILES string of the molecule is O=C(CCCOc1ccc(Cl)cc1Cl)NN=Cc1ccc2ccccc2c1O. The summed E-state index contributed by atoms with van der Waals surface area (Å²) in [5.74, 6) is 0.406. The van der Waals surface area contributed by atoms with E-state index >= 15 is 0 Å². The van der Waals surface area contributed by atoms with Crippen molar-refractivity contribution in [1.82, 2.24) is 5.43 Å². The summed E-state index contributed by atoms with van der Waals surface area (Å²) < 4.78 is 5.53. The third-order valence-electron chi connectivity index (χ3n) is 4.02. The second-order valence-corrected chi connectivity index (χ2v) is 6.89. The van der Waals surface area contributed by atoms with Gasteiger partial charge in [0.2, 0.25) is 5.91 Å². The second-order valence-electron chi connectivity index (χ2n) is 6.04. The molecule has 0 saturated heterocycles. The molecule has 0 atom stereocenters. The lowest BCUT2D eigenvalue weighted by molar-refractivity contribution is -0.121. The number of hydrazone groups is 1. The van der Waals surface area contributed by atoms with Crippen molar-refractivity contribution in [2.75, 3.05) is 6.61 Å². The number of nitrogens with one attached hydrogen (secondary N) is 1. The van der Waals surface area contributed by atoms with Gasteiger partial charge in [-0.1, -0.05) is 53.5 Å². The number of carbonyl (C=O) groups excluding carboxylic acids is 1. The van der Waals surface area contributed by atoms with Crippen LogP contribution in [0.3, 0.4) is 0 Å². The lowest BCUT2D eigenvalue weighted by atomic mass is 10.1. The number of phenolic OH excluding ortho intramolecular Hbond substituents is 1. The molecule has 28 heavy (non-hydrogen) atoms. The Balaban J connectivity index is 1.46. The Bertz CT molecular complexity index is 1020. The maximum absolute atomic E-state index is 11.9. The summed E-state index contributed by atoms with van der Waals surface area (Å²) in [6.07, 6.45) is 2.16. The Labute approximate surface area is 172 Å². The fraction of sp³-hybridized carbons (Fsp3) is 0.143. The van der Waals surface area contributed by atoms with Gasteiger partial charge in [0, 0.05) is 22.4 Å². The van der Waals surface area contributed by atoms with Crippen molar-refractivity contribution in [3.63, 3.8) is 0 Å². The molecule has 2 N–H and O–H groups in total. The minimum absolute atomic E-state index is 0.129. The maximum atomic E-state index is 11.9. The summed E-state index contributed by atoms with van der Waals surface area (Å²) >= 11 is 11.8. The molecule has 144 valence electrons. The zero-order valence-electron chi connectivity index (χ0n) is 14.9. The molecule has 0 bridgehead atoms. The van der Waals surface area contributed by atoms with E-state index in [9.17, 15) is 9.90 Å². The van der Waals surface area contributed by atoms with Gasteiger partial charge in [-0.25, -0.2) is 5.43 Å². The number of aromatic hydroxyl groups is 1. The van der Waals surface area contributed by atoms with Crippen molar-refractivity contribution in [3.8, 4) is 11.5 Å². The van der Waals surface area contributed by atoms with Crippen LogP contribution in [0.5, 0.6) is 11.5 Å². The van der Waals surface area contributed by atoms with Gasteiger partial charge in [0.1, 0.15) is 11.5 Å². The highest BCUT2D eigenvalue weighted by molar-refractivity contribution is 6.35. The molecule has 0 aliphatic rings. The van der Waals surface area contributed by atoms with Crippen molar-refractivity contribution in [3.05, 3.63) is 70.2 Å². The molecular formula is C21H18Cl2N2O3. The van der Waals surface area contributed by atoms with Gasteiger partial charge in [0.05, 0.1) is 17.8 Å². The Kier molecular flexibility index (Phi) is 6.74. The van der Waals surface area contributed by atoms with Crippen LogP contribution in [0.4, 0.5) is 0 Å². The quantitative estimate of drug-likeness (QED) is 0.317. The highest BCUT2D eigenvalue weighted by Crippen LogP contribution is 2.28. The van der Waals surface area contributed by atoms with Crippen molar-refractivity contribution in [2.24, 2.45) is 5.10 Å². The fourth-order valence-electron chi connectivity index (χ4n) is 2.61. The topological polar surface area (TPSA) is 70.9 Å². The number of hydrogen-bond acceptors (Lipinski definition) is 4. The molecule has 0 fully saturated rings. The van der Waals surface area contributed by atoms with Crippen LogP contribution in [0, 0.1) is 0 Å². The third kappa shape index (κ3) is 5.15. The molecule has 0 aliphatic heterocycles. The molecule has 0 saturated carbocycles. The highest BCUT2D eigenvalue weighted by atomic mass is 35.5. The van der Waals surface area contributed by atoms with E-state index in [4.69, 9.17) is 27.9 Å². The van der Waals surface area contributed by atoms with Crippen molar-refractivity contribution in [2.45, 2.75) is 12.8 Å². The summed E-state index contributed by atoms with van der Waals surface area (Å²) in [6, 6.07) is 16.1. The predicted octanol–water partition coefficient (Wildman–Crippen LogP) is 5.16. The molecule has 7 heteroatoms. The van der Waals surface area contributed by atoms with Gasteiger partial charge in [-0.05, 0) is 36.1 Å². The number of amides is 1. The smallest absolute Gasteiger partial charge is 0.240 e. The van der Waals surface area contributed by atoms with Crippen molar-refractivity contribution >= 4 is 46.1 Å². The van der Waals surface area contributed by atoms with E-state index in [-0.39, 0.29) is 18.1 Å². The van der Waals surface area contributed by atoms with Crippen molar-refractivity contribution in [1.29, 1.82) is 0 Å². The lowest BCUT2D eigenvalue weighted by Gasteiger charge is -2.07. The van der Waals surface area contributed by atoms with Crippen LogP contribution >= 0.6 is 23.2 Å². The summed E-state index contributed by atoms with van der Waals surface area (Å²) in [6.45, 7) is 0.337. The van der Waals surface area contributed by atoms with Gasteiger partial charge in [-0.3, -0.25) is 4.79 Å². The number of phenols is 1. The van der Waals surface area contributed by atoms with E-state index in [0.29, 0.717) is 34.4 Å². The Morgan fingerprint density at radius 1 is 1.14 bits per heavy atom. The molecule has 0 heterocycles. The first-order valence-electron chi connectivity index (χ1n) is 8.65. The fourth-order valence-corrected chi connectivity index (χ4v) is 3.08. The standard InChI is InChI=1S/C21H18Cl2N2O3/c22-16-9-10-19(18(23)12-16)28-11-3-6-20(26)25-24-13-15-8-7-14-4-1-2-5-17(14)21(15)27/h1-2,4-5,7-10,12-13,27H,3,6,11H2,(H,25,26). The number of carbonyl (C=O) groups is 1. The summed E-state index contributed by atoms with van der Waals surface area (Å²) in [5, 5.41) is 16.8. The van der Waals surface area contributed by atoms with E-state index in [0.717, 1.165) is 10.8 Å². The number of nitrogens with zero attached hydrogens (tertiary/aromatic N) is 1. The average Bonchev–Trinajstić information content (AvgIpc) is 2.68. The molecule has 3 aromatic carbocycles. The van der Waals surface area contributed by atoms with Crippen LogP contribution in [0.2, 0.25) is 10.0 Å². The monoisotopic (exact) mass is 416 g/mol. The third-order valence-corrected chi connectivity index (χ3v) is 4.55. The molecule has 0 aromatic heterocycles. The van der Waals surface area contributed by atoms with E-state index < -0.39 is 0 Å².